The second-order valence-corrected chi connectivity index (χ2v) is 3.69. The van der Waals surface area contributed by atoms with E-state index in [1.165, 1.54) is 0 Å². The van der Waals surface area contributed by atoms with Gasteiger partial charge in [-0.15, -0.1) is 0 Å². The fourth-order valence-electron chi connectivity index (χ4n) is 1.08. The lowest BCUT2D eigenvalue weighted by molar-refractivity contribution is -0.136. The molecule has 0 unspecified atom stereocenters. The molecule has 2 nitrogen and oxygen atoms in total. The molecule has 0 spiro atoms. The quantitative estimate of drug-likeness (QED) is 0.746. The van der Waals surface area contributed by atoms with E-state index in [1.54, 1.807) is 18.2 Å². The molecule has 0 aliphatic rings. The molecule has 1 N–H and O–H groups in total. The van der Waals surface area contributed by atoms with Crippen LogP contribution in [0.2, 0.25) is 5.02 Å². The molecule has 0 saturated heterocycles. The van der Waals surface area contributed by atoms with Crippen molar-refractivity contribution < 1.29 is 9.90 Å². The highest BCUT2D eigenvalue weighted by Gasteiger charge is 2.16. The van der Waals surface area contributed by atoms with Crippen molar-refractivity contribution in [2.24, 2.45) is 0 Å². The van der Waals surface area contributed by atoms with Crippen molar-refractivity contribution in [1.29, 1.82) is 0 Å². The van der Waals surface area contributed by atoms with E-state index in [0.29, 0.717) is 10.6 Å². The first-order valence-electron chi connectivity index (χ1n) is 3.69. The number of carboxylic acid groups (broad SMARTS) is 1. The van der Waals surface area contributed by atoms with Gasteiger partial charge in [0.25, 0.3) is 0 Å². The van der Waals surface area contributed by atoms with E-state index in [0.717, 1.165) is 5.56 Å². The Bertz CT molecular complexity index is 338. The van der Waals surface area contributed by atoms with Gasteiger partial charge in [-0.2, -0.15) is 12.6 Å². The maximum absolute atomic E-state index is 10.6. The number of hydrogen-bond acceptors (Lipinski definition) is 2. The van der Waals surface area contributed by atoms with E-state index in [1.807, 2.05) is 6.92 Å². The van der Waals surface area contributed by atoms with Crippen molar-refractivity contribution in [2.75, 3.05) is 0 Å². The number of thiol groups is 1. The Morgan fingerprint density at radius 2 is 2.23 bits per heavy atom. The summed E-state index contributed by atoms with van der Waals surface area (Å²) < 4.78 is 0. The Balaban J connectivity index is 3.08. The van der Waals surface area contributed by atoms with E-state index in [-0.39, 0.29) is 0 Å². The van der Waals surface area contributed by atoms with Crippen molar-refractivity contribution in [3.8, 4) is 0 Å². The van der Waals surface area contributed by atoms with E-state index >= 15 is 0 Å². The molecule has 0 amide bonds. The Morgan fingerprint density at radius 3 is 2.69 bits per heavy atom. The fourth-order valence-corrected chi connectivity index (χ4v) is 1.60. The highest BCUT2D eigenvalue weighted by atomic mass is 35.5. The van der Waals surface area contributed by atoms with Gasteiger partial charge in [-0.1, -0.05) is 17.7 Å². The zero-order chi connectivity index (χ0) is 10.0. The Hall–Kier alpha value is -0.670. The minimum Gasteiger partial charge on any atom is -0.480 e. The van der Waals surface area contributed by atoms with Gasteiger partial charge in [-0.3, -0.25) is 4.79 Å². The third kappa shape index (κ3) is 2.39. The van der Waals surface area contributed by atoms with Crippen LogP contribution in [-0.4, -0.2) is 11.1 Å². The average Bonchev–Trinajstić information content (AvgIpc) is 2.03. The van der Waals surface area contributed by atoms with Gasteiger partial charge >= 0.3 is 5.97 Å². The lowest BCUT2D eigenvalue weighted by atomic mass is 10.1. The first-order chi connectivity index (χ1) is 6.02. The van der Waals surface area contributed by atoms with Crippen LogP contribution in [0.5, 0.6) is 0 Å². The van der Waals surface area contributed by atoms with Crippen LogP contribution >= 0.6 is 24.2 Å². The molecule has 13 heavy (non-hydrogen) atoms. The first-order valence-corrected chi connectivity index (χ1v) is 4.58. The Kier molecular flexibility index (Phi) is 3.22. The number of carbonyl (C=O) groups is 1. The minimum atomic E-state index is -0.950. The molecular weight excluding hydrogens is 208 g/mol. The van der Waals surface area contributed by atoms with Gasteiger partial charge < -0.3 is 5.11 Å². The number of carboxylic acids is 1. The van der Waals surface area contributed by atoms with E-state index < -0.39 is 11.2 Å². The standard InChI is InChI=1S/C9H9ClO2S/c1-5-4-6(10)2-3-7(5)8(13)9(11)12/h2-4,8,13H,1H3,(H,11,12)/t8-/m0/s1. The summed E-state index contributed by atoms with van der Waals surface area (Å²) in [6.45, 7) is 1.81. The molecule has 0 aliphatic carbocycles. The number of rotatable bonds is 2. The van der Waals surface area contributed by atoms with Crippen molar-refractivity contribution in [3.05, 3.63) is 34.3 Å². The summed E-state index contributed by atoms with van der Waals surface area (Å²) in [5.41, 5.74) is 1.52. The molecule has 0 radical (unpaired) electrons. The summed E-state index contributed by atoms with van der Waals surface area (Å²) in [5, 5.41) is 8.54. The third-order valence-electron chi connectivity index (χ3n) is 1.76. The van der Waals surface area contributed by atoms with Crippen LogP contribution in [0.1, 0.15) is 16.4 Å². The Morgan fingerprint density at radius 1 is 1.62 bits per heavy atom. The van der Waals surface area contributed by atoms with Gasteiger partial charge in [-0.05, 0) is 30.2 Å². The van der Waals surface area contributed by atoms with Crippen LogP contribution in [-0.2, 0) is 4.79 Å². The molecule has 1 aromatic carbocycles. The summed E-state index contributed by atoms with van der Waals surface area (Å²) in [6.07, 6.45) is 0. The first kappa shape index (κ1) is 10.4. The van der Waals surface area contributed by atoms with Gasteiger partial charge in [0, 0.05) is 5.02 Å². The van der Waals surface area contributed by atoms with Gasteiger partial charge in [0.1, 0.15) is 5.25 Å². The lowest BCUT2D eigenvalue weighted by Gasteiger charge is -2.09. The molecule has 0 aromatic heterocycles. The van der Waals surface area contributed by atoms with Gasteiger partial charge in [0.2, 0.25) is 0 Å². The number of aryl methyl sites for hydroxylation is 1. The van der Waals surface area contributed by atoms with Crippen LogP contribution in [0.4, 0.5) is 0 Å². The molecule has 0 fully saturated rings. The molecule has 70 valence electrons. The van der Waals surface area contributed by atoms with Crippen LogP contribution in [0, 0.1) is 6.92 Å². The van der Waals surface area contributed by atoms with Crippen LogP contribution in [0.15, 0.2) is 18.2 Å². The fraction of sp³-hybridized carbons (Fsp3) is 0.222. The molecule has 0 heterocycles. The van der Waals surface area contributed by atoms with E-state index in [2.05, 4.69) is 12.6 Å². The Labute approximate surface area is 86.9 Å². The van der Waals surface area contributed by atoms with Gasteiger partial charge in [0.15, 0.2) is 0 Å². The smallest absolute Gasteiger partial charge is 0.320 e. The van der Waals surface area contributed by atoms with Gasteiger partial charge in [0.05, 0.1) is 0 Å². The molecule has 0 aliphatic heterocycles. The maximum atomic E-state index is 10.6. The maximum Gasteiger partial charge on any atom is 0.320 e. The normalized spacial score (nSPS) is 12.5. The van der Waals surface area contributed by atoms with Crippen LogP contribution in [0.3, 0.4) is 0 Å². The van der Waals surface area contributed by atoms with E-state index in [4.69, 9.17) is 16.7 Å². The SMILES string of the molecule is Cc1cc(Cl)ccc1[C@H](S)C(=O)O. The molecule has 1 atom stereocenters. The summed E-state index contributed by atoms with van der Waals surface area (Å²) in [7, 11) is 0. The van der Waals surface area contributed by atoms with Gasteiger partial charge in [-0.25, -0.2) is 0 Å². The second-order valence-electron chi connectivity index (χ2n) is 2.74. The lowest BCUT2D eigenvalue weighted by Crippen LogP contribution is -2.06. The van der Waals surface area contributed by atoms with Crippen molar-refractivity contribution in [1.82, 2.24) is 0 Å². The molecular formula is C9H9ClO2S. The summed E-state index contributed by atoms with van der Waals surface area (Å²) >= 11 is 9.70. The molecule has 4 heteroatoms. The summed E-state index contributed by atoms with van der Waals surface area (Å²) in [4.78, 5) is 10.6. The summed E-state index contributed by atoms with van der Waals surface area (Å²) in [6, 6.07) is 5.07. The zero-order valence-electron chi connectivity index (χ0n) is 6.99. The highest BCUT2D eigenvalue weighted by Crippen LogP contribution is 2.25. The predicted octanol–water partition coefficient (Wildman–Crippen LogP) is 2.70. The molecule has 1 rings (SSSR count). The number of aliphatic carboxylic acids is 1. The number of halogens is 1. The van der Waals surface area contributed by atoms with Crippen LogP contribution < -0.4 is 0 Å². The predicted molar refractivity (Wildman–Crippen MR) is 55.6 cm³/mol. The van der Waals surface area contributed by atoms with Crippen molar-refractivity contribution in [2.45, 2.75) is 12.2 Å². The van der Waals surface area contributed by atoms with Crippen molar-refractivity contribution >= 4 is 30.2 Å². The zero-order valence-corrected chi connectivity index (χ0v) is 8.64. The number of hydrogen-bond donors (Lipinski definition) is 2. The highest BCUT2D eigenvalue weighted by molar-refractivity contribution is 7.81. The van der Waals surface area contributed by atoms with E-state index in [9.17, 15) is 4.79 Å². The second kappa shape index (κ2) is 4.03. The molecule has 0 saturated carbocycles. The molecule has 0 bridgehead atoms. The average molecular weight is 217 g/mol. The third-order valence-corrected chi connectivity index (χ3v) is 2.49. The number of benzene rings is 1. The monoisotopic (exact) mass is 216 g/mol. The van der Waals surface area contributed by atoms with Crippen LogP contribution in [0.25, 0.3) is 0 Å². The minimum absolute atomic E-state index is 0.604. The van der Waals surface area contributed by atoms with Crippen molar-refractivity contribution in [3.63, 3.8) is 0 Å². The molecule has 1 aromatic rings. The largest absolute Gasteiger partial charge is 0.480 e. The summed E-state index contributed by atoms with van der Waals surface area (Å²) in [5.74, 6) is -0.950. The topological polar surface area (TPSA) is 37.3 Å².